The molecule has 3 aromatic rings. The number of H-pyrrole nitrogens is 1. The van der Waals surface area contributed by atoms with Crippen LogP contribution in [-0.4, -0.2) is 33.1 Å². The number of nitrogens with zero attached hydrogens (tertiary/aromatic N) is 2. The van der Waals surface area contributed by atoms with E-state index in [4.69, 9.17) is 28.8 Å². The quantitative estimate of drug-likeness (QED) is 0.566. The lowest BCUT2D eigenvalue weighted by Gasteiger charge is -2.33. The average Bonchev–Trinajstić information content (AvgIpc) is 3.07. The molecule has 1 aliphatic rings. The van der Waals surface area contributed by atoms with Gasteiger partial charge in [0.15, 0.2) is 5.11 Å². The molecule has 1 fully saturated rings. The number of thiocarbonyl (C=S) groups is 1. The largest absolute Gasteiger partial charge is 0.349 e. The highest BCUT2D eigenvalue weighted by Crippen LogP contribution is 2.29. The Morgan fingerprint density at radius 3 is 2.63 bits per heavy atom. The van der Waals surface area contributed by atoms with Crippen molar-refractivity contribution in [2.45, 2.75) is 32.6 Å². The minimum atomic E-state index is 0.442. The van der Waals surface area contributed by atoms with E-state index in [1.807, 2.05) is 24.3 Å². The number of halogens is 1. The summed E-state index contributed by atoms with van der Waals surface area (Å²) in [6, 6.07) is 12.0. The molecule has 4 rings (SSSR count). The molecule has 0 bridgehead atoms. The molecule has 1 saturated heterocycles. The van der Waals surface area contributed by atoms with Gasteiger partial charge >= 0.3 is 0 Å². The first-order valence-electron chi connectivity index (χ1n) is 9.28. The van der Waals surface area contributed by atoms with E-state index in [1.54, 1.807) is 0 Å². The smallest absolute Gasteiger partial charge is 0.173 e. The zero-order valence-electron chi connectivity index (χ0n) is 15.6. The van der Waals surface area contributed by atoms with Gasteiger partial charge in [-0.1, -0.05) is 23.7 Å². The number of anilines is 1. The van der Waals surface area contributed by atoms with Gasteiger partial charge in [-0.05, 0) is 74.3 Å². The lowest BCUT2D eigenvalue weighted by Crippen LogP contribution is -2.40. The molecule has 0 radical (unpaired) electrons. The molecule has 0 spiro atoms. The SMILES string of the molecule is Cc1cc2nc(C3CCN(C(=S)Nc4ccccc4Cl)CC3)[nH]c2cc1C. The number of aromatic amines is 1. The van der Waals surface area contributed by atoms with Crippen LogP contribution in [0.3, 0.4) is 0 Å². The molecule has 1 aromatic heterocycles. The Bertz CT molecular complexity index is 950. The summed E-state index contributed by atoms with van der Waals surface area (Å²) in [7, 11) is 0. The molecule has 1 aliphatic heterocycles. The fourth-order valence-electron chi connectivity index (χ4n) is 3.60. The van der Waals surface area contributed by atoms with E-state index in [0.717, 1.165) is 53.6 Å². The summed E-state index contributed by atoms with van der Waals surface area (Å²) in [4.78, 5) is 10.6. The number of aryl methyl sites for hydroxylation is 2. The molecule has 0 unspecified atom stereocenters. The fraction of sp³-hybridized carbons (Fsp3) is 0.333. The highest BCUT2D eigenvalue weighted by atomic mass is 35.5. The maximum Gasteiger partial charge on any atom is 0.173 e. The molecule has 4 nitrogen and oxygen atoms in total. The number of para-hydroxylation sites is 1. The molecule has 0 aliphatic carbocycles. The standard InChI is InChI=1S/C21H23ClN4S/c1-13-11-18-19(12-14(13)2)24-20(23-18)15-7-9-26(10-8-15)21(27)25-17-6-4-3-5-16(17)22/h3-6,11-12,15H,7-10H2,1-2H3,(H,23,24)(H,25,27). The van der Waals surface area contributed by atoms with E-state index in [2.05, 4.69) is 41.2 Å². The van der Waals surface area contributed by atoms with Crippen molar-refractivity contribution in [3.63, 3.8) is 0 Å². The van der Waals surface area contributed by atoms with Gasteiger partial charge < -0.3 is 15.2 Å². The highest BCUT2D eigenvalue weighted by molar-refractivity contribution is 7.80. The lowest BCUT2D eigenvalue weighted by molar-refractivity contribution is 0.311. The second-order valence-corrected chi connectivity index (χ2v) is 8.04. The summed E-state index contributed by atoms with van der Waals surface area (Å²) in [5.74, 6) is 1.54. The van der Waals surface area contributed by atoms with Crippen LogP contribution < -0.4 is 5.32 Å². The van der Waals surface area contributed by atoms with Crippen LogP contribution in [0.5, 0.6) is 0 Å². The summed E-state index contributed by atoms with van der Waals surface area (Å²) in [6.07, 6.45) is 2.06. The van der Waals surface area contributed by atoms with Crippen LogP contribution >= 0.6 is 23.8 Å². The number of likely N-dealkylation sites (tertiary alicyclic amines) is 1. The van der Waals surface area contributed by atoms with Crippen LogP contribution in [0.2, 0.25) is 5.02 Å². The van der Waals surface area contributed by atoms with Crippen LogP contribution in [0.1, 0.15) is 35.7 Å². The van der Waals surface area contributed by atoms with Crippen LogP contribution in [0, 0.1) is 13.8 Å². The van der Waals surface area contributed by atoms with Gasteiger partial charge in [0, 0.05) is 19.0 Å². The minimum Gasteiger partial charge on any atom is -0.349 e. The molecule has 2 aromatic carbocycles. The number of aromatic nitrogens is 2. The van der Waals surface area contributed by atoms with Gasteiger partial charge in [0.1, 0.15) is 5.82 Å². The minimum absolute atomic E-state index is 0.442. The third-order valence-corrected chi connectivity index (χ3v) is 6.09. The summed E-state index contributed by atoms with van der Waals surface area (Å²) in [6.45, 7) is 6.10. The lowest BCUT2D eigenvalue weighted by atomic mass is 9.96. The maximum absolute atomic E-state index is 6.22. The number of nitrogens with one attached hydrogen (secondary N) is 2. The van der Waals surface area contributed by atoms with Crippen molar-refractivity contribution >= 4 is 45.7 Å². The Kier molecular flexibility index (Phi) is 5.06. The number of rotatable bonds is 2. The molecule has 2 heterocycles. The summed E-state index contributed by atoms with van der Waals surface area (Å²) in [5.41, 5.74) is 5.63. The van der Waals surface area contributed by atoms with Crippen LogP contribution in [0.25, 0.3) is 11.0 Å². The number of hydrogen-bond donors (Lipinski definition) is 2. The normalized spacial score (nSPS) is 15.3. The highest BCUT2D eigenvalue weighted by Gasteiger charge is 2.24. The van der Waals surface area contributed by atoms with Gasteiger partial charge in [-0.25, -0.2) is 4.98 Å². The van der Waals surface area contributed by atoms with E-state index in [-0.39, 0.29) is 0 Å². The molecular formula is C21H23ClN4S. The van der Waals surface area contributed by atoms with E-state index in [0.29, 0.717) is 10.9 Å². The van der Waals surface area contributed by atoms with Crippen molar-refractivity contribution < 1.29 is 0 Å². The molecule has 140 valence electrons. The van der Waals surface area contributed by atoms with E-state index < -0.39 is 0 Å². The first-order chi connectivity index (χ1) is 13.0. The number of hydrogen-bond acceptors (Lipinski definition) is 2. The summed E-state index contributed by atoms with van der Waals surface area (Å²) >= 11 is 11.8. The molecule has 6 heteroatoms. The predicted molar refractivity (Wildman–Crippen MR) is 117 cm³/mol. The average molecular weight is 399 g/mol. The number of fused-ring (bicyclic) bond motifs is 1. The van der Waals surface area contributed by atoms with E-state index >= 15 is 0 Å². The zero-order valence-corrected chi connectivity index (χ0v) is 17.1. The van der Waals surface area contributed by atoms with Gasteiger partial charge in [-0.15, -0.1) is 0 Å². The Morgan fingerprint density at radius 2 is 1.89 bits per heavy atom. The van der Waals surface area contributed by atoms with Crippen molar-refractivity contribution in [2.24, 2.45) is 0 Å². The topological polar surface area (TPSA) is 44.0 Å². The molecule has 0 saturated carbocycles. The Balaban J connectivity index is 1.41. The van der Waals surface area contributed by atoms with E-state index in [1.165, 1.54) is 11.1 Å². The fourth-order valence-corrected chi connectivity index (χ4v) is 4.07. The van der Waals surface area contributed by atoms with Crippen molar-refractivity contribution in [2.75, 3.05) is 18.4 Å². The maximum atomic E-state index is 6.22. The number of benzene rings is 2. The van der Waals surface area contributed by atoms with Crippen LogP contribution in [0.4, 0.5) is 5.69 Å². The molecule has 0 amide bonds. The third kappa shape index (κ3) is 3.80. The van der Waals surface area contributed by atoms with E-state index in [9.17, 15) is 0 Å². The van der Waals surface area contributed by atoms with Crippen molar-refractivity contribution in [3.05, 3.63) is 58.4 Å². The molecule has 2 N–H and O–H groups in total. The van der Waals surface area contributed by atoms with Gasteiger partial charge in [-0.2, -0.15) is 0 Å². The van der Waals surface area contributed by atoms with Gasteiger partial charge in [-0.3, -0.25) is 0 Å². The zero-order chi connectivity index (χ0) is 19.0. The van der Waals surface area contributed by atoms with Crippen molar-refractivity contribution in [1.82, 2.24) is 14.9 Å². The number of imidazole rings is 1. The predicted octanol–water partition coefficient (Wildman–Crippen LogP) is 5.41. The molecule has 27 heavy (non-hydrogen) atoms. The Morgan fingerprint density at radius 1 is 1.19 bits per heavy atom. The summed E-state index contributed by atoms with van der Waals surface area (Å²) < 4.78 is 0. The second-order valence-electron chi connectivity index (χ2n) is 7.25. The van der Waals surface area contributed by atoms with Crippen LogP contribution in [-0.2, 0) is 0 Å². The first-order valence-corrected chi connectivity index (χ1v) is 10.1. The molecular weight excluding hydrogens is 376 g/mol. The number of piperidine rings is 1. The Labute approximate surface area is 169 Å². The second kappa shape index (κ2) is 7.49. The van der Waals surface area contributed by atoms with Crippen molar-refractivity contribution in [3.8, 4) is 0 Å². The van der Waals surface area contributed by atoms with Crippen LogP contribution in [0.15, 0.2) is 36.4 Å². The van der Waals surface area contributed by atoms with Crippen molar-refractivity contribution in [1.29, 1.82) is 0 Å². The van der Waals surface area contributed by atoms with Gasteiger partial charge in [0.05, 0.1) is 21.7 Å². The first kappa shape index (κ1) is 18.3. The van der Waals surface area contributed by atoms with Gasteiger partial charge in [0.2, 0.25) is 0 Å². The monoisotopic (exact) mass is 398 g/mol. The third-order valence-electron chi connectivity index (χ3n) is 5.40. The summed E-state index contributed by atoms with van der Waals surface area (Å²) in [5, 5.41) is 4.69. The van der Waals surface area contributed by atoms with Gasteiger partial charge in [0.25, 0.3) is 0 Å². The molecule has 0 atom stereocenters. The Hall–Kier alpha value is -2.11.